The Balaban J connectivity index is 1.88. The van der Waals surface area contributed by atoms with Crippen molar-refractivity contribution in [1.29, 1.82) is 0 Å². The SMILES string of the molecule is CC1(CNc2cnccn2)CC1. The first kappa shape index (κ1) is 7.53. The van der Waals surface area contributed by atoms with Gasteiger partial charge in [0, 0.05) is 18.9 Å². The summed E-state index contributed by atoms with van der Waals surface area (Å²) in [7, 11) is 0. The molecule has 1 fully saturated rings. The molecule has 64 valence electrons. The van der Waals surface area contributed by atoms with Crippen LogP contribution in [-0.4, -0.2) is 16.5 Å². The zero-order valence-corrected chi connectivity index (χ0v) is 7.25. The molecule has 0 atom stereocenters. The Morgan fingerprint density at radius 1 is 1.50 bits per heavy atom. The first-order chi connectivity index (χ1) is 5.79. The van der Waals surface area contributed by atoms with E-state index in [1.165, 1.54) is 12.8 Å². The van der Waals surface area contributed by atoms with E-state index in [1.807, 2.05) is 0 Å². The molecule has 1 aromatic heterocycles. The van der Waals surface area contributed by atoms with Gasteiger partial charge in [0.05, 0.1) is 6.20 Å². The molecule has 1 aliphatic carbocycles. The Morgan fingerprint density at radius 3 is 2.92 bits per heavy atom. The Labute approximate surface area is 72.2 Å². The minimum absolute atomic E-state index is 0.525. The van der Waals surface area contributed by atoms with Crippen molar-refractivity contribution >= 4 is 5.82 Å². The molecule has 1 saturated carbocycles. The van der Waals surface area contributed by atoms with Gasteiger partial charge < -0.3 is 5.32 Å². The largest absolute Gasteiger partial charge is 0.368 e. The van der Waals surface area contributed by atoms with Crippen molar-refractivity contribution in [3.63, 3.8) is 0 Å². The van der Waals surface area contributed by atoms with Gasteiger partial charge in [-0.25, -0.2) is 4.98 Å². The number of hydrogen-bond acceptors (Lipinski definition) is 3. The Bertz CT molecular complexity index is 254. The third-order valence-electron chi connectivity index (χ3n) is 2.36. The summed E-state index contributed by atoms with van der Waals surface area (Å²) in [5.41, 5.74) is 0.525. The van der Waals surface area contributed by atoms with Crippen molar-refractivity contribution < 1.29 is 0 Å². The fourth-order valence-electron chi connectivity index (χ4n) is 1.08. The van der Waals surface area contributed by atoms with Crippen LogP contribution in [0.5, 0.6) is 0 Å². The number of aromatic nitrogens is 2. The highest BCUT2D eigenvalue weighted by molar-refractivity contribution is 5.30. The van der Waals surface area contributed by atoms with Gasteiger partial charge in [-0.15, -0.1) is 0 Å². The molecule has 1 aromatic rings. The lowest BCUT2D eigenvalue weighted by Gasteiger charge is -2.09. The normalized spacial score (nSPS) is 18.8. The lowest BCUT2D eigenvalue weighted by molar-refractivity contribution is 0.609. The van der Waals surface area contributed by atoms with Gasteiger partial charge in [-0.3, -0.25) is 4.98 Å². The number of rotatable bonds is 3. The zero-order chi connectivity index (χ0) is 8.44. The Hall–Kier alpha value is -1.12. The molecule has 1 heterocycles. The molecule has 0 unspecified atom stereocenters. The Morgan fingerprint density at radius 2 is 2.33 bits per heavy atom. The molecule has 0 amide bonds. The monoisotopic (exact) mass is 163 g/mol. The molecule has 1 aliphatic rings. The van der Waals surface area contributed by atoms with Gasteiger partial charge in [-0.1, -0.05) is 6.92 Å². The Kier molecular flexibility index (Phi) is 1.71. The maximum Gasteiger partial charge on any atom is 0.144 e. The van der Waals surface area contributed by atoms with E-state index in [0.29, 0.717) is 5.41 Å². The molecule has 3 nitrogen and oxygen atoms in total. The van der Waals surface area contributed by atoms with Crippen LogP contribution < -0.4 is 5.32 Å². The molecule has 0 radical (unpaired) electrons. The van der Waals surface area contributed by atoms with E-state index in [0.717, 1.165) is 12.4 Å². The van der Waals surface area contributed by atoms with Crippen LogP contribution in [0.15, 0.2) is 18.6 Å². The average Bonchev–Trinajstić information content (AvgIpc) is 2.84. The van der Waals surface area contributed by atoms with Crippen molar-refractivity contribution in [2.45, 2.75) is 19.8 Å². The fraction of sp³-hybridized carbons (Fsp3) is 0.556. The summed E-state index contributed by atoms with van der Waals surface area (Å²) in [5.74, 6) is 0.880. The molecule has 0 bridgehead atoms. The summed E-state index contributed by atoms with van der Waals surface area (Å²) in [6.45, 7) is 3.31. The summed E-state index contributed by atoms with van der Waals surface area (Å²) in [4.78, 5) is 8.12. The lowest BCUT2D eigenvalue weighted by Crippen LogP contribution is -2.12. The van der Waals surface area contributed by atoms with Crippen LogP contribution in [0.4, 0.5) is 5.82 Å². The number of hydrogen-bond donors (Lipinski definition) is 1. The van der Waals surface area contributed by atoms with Gasteiger partial charge in [0.15, 0.2) is 0 Å². The van der Waals surface area contributed by atoms with Crippen LogP contribution in [-0.2, 0) is 0 Å². The second kappa shape index (κ2) is 2.73. The van der Waals surface area contributed by atoms with Crippen molar-refractivity contribution in [3.8, 4) is 0 Å². The van der Waals surface area contributed by atoms with Crippen LogP contribution in [0.25, 0.3) is 0 Å². The van der Waals surface area contributed by atoms with E-state index < -0.39 is 0 Å². The summed E-state index contributed by atoms with van der Waals surface area (Å²) in [5, 5.41) is 3.27. The van der Waals surface area contributed by atoms with Gasteiger partial charge in [0.2, 0.25) is 0 Å². The summed E-state index contributed by atoms with van der Waals surface area (Å²) in [6.07, 6.45) is 7.81. The van der Waals surface area contributed by atoms with Gasteiger partial charge in [0.25, 0.3) is 0 Å². The average molecular weight is 163 g/mol. The predicted molar refractivity (Wildman–Crippen MR) is 47.9 cm³/mol. The first-order valence-corrected chi connectivity index (χ1v) is 4.28. The predicted octanol–water partition coefficient (Wildman–Crippen LogP) is 1.69. The highest BCUT2D eigenvalue weighted by atomic mass is 15.0. The van der Waals surface area contributed by atoms with Crippen LogP contribution in [0.3, 0.4) is 0 Å². The molecule has 0 aromatic carbocycles. The van der Waals surface area contributed by atoms with Crippen LogP contribution in [0, 0.1) is 5.41 Å². The van der Waals surface area contributed by atoms with E-state index in [1.54, 1.807) is 18.6 Å². The van der Waals surface area contributed by atoms with Gasteiger partial charge >= 0.3 is 0 Å². The van der Waals surface area contributed by atoms with Gasteiger partial charge in [0.1, 0.15) is 5.82 Å². The highest BCUT2D eigenvalue weighted by Gasteiger charge is 2.36. The second-order valence-electron chi connectivity index (χ2n) is 3.75. The van der Waals surface area contributed by atoms with E-state index in [4.69, 9.17) is 0 Å². The van der Waals surface area contributed by atoms with Crippen molar-refractivity contribution in [1.82, 2.24) is 9.97 Å². The molecular formula is C9H13N3. The highest BCUT2D eigenvalue weighted by Crippen LogP contribution is 2.44. The fourth-order valence-corrected chi connectivity index (χ4v) is 1.08. The van der Waals surface area contributed by atoms with E-state index in [2.05, 4.69) is 22.2 Å². The van der Waals surface area contributed by atoms with Crippen LogP contribution >= 0.6 is 0 Å². The maximum absolute atomic E-state index is 4.14. The number of nitrogens with zero attached hydrogens (tertiary/aromatic N) is 2. The van der Waals surface area contributed by atoms with Crippen LogP contribution in [0.2, 0.25) is 0 Å². The molecule has 12 heavy (non-hydrogen) atoms. The molecule has 0 saturated heterocycles. The van der Waals surface area contributed by atoms with Crippen LogP contribution in [0.1, 0.15) is 19.8 Å². The quantitative estimate of drug-likeness (QED) is 0.736. The van der Waals surface area contributed by atoms with Gasteiger partial charge in [-0.2, -0.15) is 0 Å². The molecular weight excluding hydrogens is 150 g/mol. The maximum atomic E-state index is 4.14. The first-order valence-electron chi connectivity index (χ1n) is 4.28. The molecule has 0 spiro atoms. The smallest absolute Gasteiger partial charge is 0.144 e. The zero-order valence-electron chi connectivity index (χ0n) is 7.25. The summed E-state index contributed by atoms with van der Waals surface area (Å²) >= 11 is 0. The van der Waals surface area contributed by atoms with Gasteiger partial charge in [-0.05, 0) is 18.3 Å². The van der Waals surface area contributed by atoms with E-state index >= 15 is 0 Å². The summed E-state index contributed by atoms with van der Waals surface area (Å²) in [6, 6.07) is 0. The molecule has 0 aliphatic heterocycles. The third-order valence-corrected chi connectivity index (χ3v) is 2.36. The van der Waals surface area contributed by atoms with Crippen molar-refractivity contribution in [3.05, 3.63) is 18.6 Å². The van der Waals surface area contributed by atoms with E-state index in [9.17, 15) is 0 Å². The lowest BCUT2D eigenvalue weighted by atomic mass is 10.1. The van der Waals surface area contributed by atoms with Crippen molar-refractivity contribution in [2.75, 3.05) is 11.9 Å². The standard InChI is InChI=1S/C9H13N3/c1-9(2-3-9)7-12-8-6-10-4-5-11-8/h4-6H,2-3,7H2,1H3,(H,11,12). The molecule has 2 rings (SSSR count). The number of anilines is 1. The van der Waals surface area contributed by atoms with Crippen molar-refractivity contribution in [2.24, 2.45) is 5.41 Å². The topological polar surface area (TPSA) is 37.8 Å². The number of nitrogens with one attached hydrogen (secondary N) is 1. The molecule has 3 heteroatoms. The van der Waals surface area contributed by atoms with E-state index in [-0.39, 0.29) is 0 Å². The third kappa shape index (κ3) is 1.72. The minimum Gasteiger partial charge on any atom is -0.368 e. The second-order valence-corrected chi connectivity index (χ2v) is 3.75. The minimum atomic E-state index is 0.525. The molecule has 1 N–H and O–H groups in total. The summed E-state index contributed by atoms with van der Waals surface area (Å²) < 4.78 is 0.